The van der Waals surface area contributed by atoms with Crippen LogP contribution in [0.2, 0.25) is 0 Å². The van der Waals surface area contributed by atoms with Gasteiger partial charge < -0.3 is 14.5 Å². The number of ether oxygens (including phenoxy) is 1. The predicted octanol–water partition coefficient (Wildman–Crippen LogP) is 1.84. The number of carbonyl (C=O) groups excluding carboxylic acids is 2. The van der Waals surface area contributed by atoms with Gasteiger partial charge in [-0.3, -0.25) is 4.79 Å². The molecule has 23 heavy (non-hydrogen) atoms. The molecule has 0 saturated carbocycles. The van der Waals surface area contributed by atoms with Gasteiger partial charge in [0.05, 0.1) is 13.1 Å². The Morgan fingerprint density at radius 2 is 1.96 bits per heavy atom. The van der Waals surface area contributed by atoms with Gasteiger partial charge >= 0.3 is 6.09 Å². The number of carbonyl (C=O) groups is 2. The molecule has 5 nitrogen and oxygen atoms in total. The van der Waals surface area contributed by atoms with E-state index in [0.717, 1.165) is 19.3 Å². The lowest BCUT2D eigenvalue weighted by molar-refractivity contribution is -0.131. The van der Waals surface area contributed by atoms with Crippen LogP contribution in [-0.4, -0.2) is 54.1 Å². The maximum absolute atomic E-state index is 12.6. The van der Waals surface area contributed by atoms with Crippen molar-refractivity contribution < 1.29 is 14.3 Å². The second kappa shape index (κ2) is 5.25. The van der Waals surface area contributed by atoms with Crippen LogP contribution in [0.5, 0.6) is 0 Å². The first-order chi connectivity index (χ1) is 11.0. The monoisotopic (exact) mass is 314 g/mol. The molecule has 122 valence electrons. The molecular formula is C18H22N2O3. The topological polar surface area (TPSA) is 49.9 Å². The fraction of sp³-hybridized carbons (Fsp3) is 0.556. The van der Waals surface area contributed by atoms with Gasteiger partial charge in [-0.05, 0) is 29.9 Å². The second-order valence-corrected chi connectivity index (χ2v) is 7.22. The predicted molar refractivity (Wildman–Crippen MR) is 85.0 cm³/mol. The van der Waals surface area contributed by atoms with Crippen molar-refractivity contribution in [3.05, 3.63) is 35.4 Å². The Hall–Kier alpha value is -2.04. The number of rotatable bonds is 2. The number of likely N-dealkylation sites (N-methyl/N-ethyl adjacent to an activating group) is 1. The lowest BCUT2D eigenvalue weighted by atomic mass is 10.0. The average molecular weight is 314 g/mol. The molecule has 2 amide bonds. The van der Waals surface area contributed by atoms with Gasteiger partial charge in [0.1, 0.15) is 0 Å². The van der Waals surface area contributed by atoms with Gasteiger partial charge in [0.2, 0.25) is 5.91 Å². The zero-order chi connectivity index (χ0) is 16.0. The van der Waals surface area contributed by atoms with Crippen molar-refractivity contribution in [2.45, 2.75) is 31.3 Å². The fourth-order valence-electron chi connectivity index (χ4n) is 4.23. The van der Waals surface area contributed by atoms with E-state index in [2.05, 4.69) is 24.3 Å². The summed E-state index contributed by atoms with van der Waals surface area (Å²) in [6, 6.07) is 8.47. The van der Waals surface area contributed by atoms with E-state index in [9.17, 15) is 9.59 Å². The summed E-state index contributed by atoms with van der Waals surface area (Å²) in [5, 5.41) is 0. The average Bonchev–Trinajstić information content (AvgIpc) is 3.17. The molecule has 2 aliphatic heterocycles. The normalized spacial score (nSPS) is 26.9. The first-order valence-corrected chi connectivity index (χ1v) is 8.33. The van der Waals surface area contributed by atoms with E-state index in [0.29, 0.717) is 32.0 Å². The zero-order valence-corrected chi connectivity index (χ0v) is 13.5. The van der Waals surface area contributed by atoms with Gasteiger partial charge in [0.25, 0.3) is 0 Å². The fourth-order valence-corrected chi connectivity index (χ4v) is 4.23. The molecule has 1 aliphatic carbocycles. The number of likely N-dealkylation sites (tertiary alicyclic amines) is 1. The molecular weight excluding hydrogens is 292 g/mol. The van der Waals surface area contributed by atoms with Crippen LogP contribution in [0.1, 0.15) is 24.0 Å². The van der Waals surface area contributed by atoms with Crippen molar-refractivity contribution in [2.24, 2.45) is 5.92 Å². The van der Waals surface area contributed by atoms with Crippen LogP contribution >= 0.6 is 0 Å². The highest BCUT2D eigenvalue weighted by atomic mass is 16.6. The van der Waals surface area contributed by atoms with Crippen LogP contribution < -0.4 is 0 Å². The maximum Gasteiger partial charge on any atom is 0.410 e. The van der Waals surface area contributed by atoms with Crippen LogP contribution in [0.25, 0.3) is 0 Å². The number of fused-ring (bicyclic) bond motifs is 1. The quantitative estimate of drug-likeness (QED) is 0.837. The summed E-state index contributed by atoms with van der Waals surface area (Å²) >= 11 is 0. The molecule has 0 N–H and O–H groups in total. The third-order valence-corrected chi connectivity index (χ3v) is 5.41. The van der Waals surface area contributed by atoms with E-state index in [1.54, 1.807) is 11.9 Å². The van der Waals surface area contributed by atoms with E-state index < -0.39 is 5.60 Å². The van der Waals surface area contributed by atoms with E-state index in [1.807, 2.05) is 4.90 Å². The highest BCUT2D eigenvalue weighted by molar-refractivity contribution is 5.78. The van der Waals surface area contributed by atoms with Gasteiger partial charge in [0.15, 0.2) is 5.60 Å². The third-order valence-electron chi connectivity index (χ3n) is 5.41. The highest BCUT2D eigenvalue weighted by Crippen LogP contribution is 2.34. The summed E-state index contributed by atoms with van der Waals surface area (Å²) < 4.78 is 5.52. The molecule has 3 aliphatic rings. The number of amides is 2. The summed E-state index contributed by atoms with van der Waals surface area (Å²) in [6.07, 6.45) is 3.07. The molecule has 2 saturated heterocycles. The Kier molecular flexibility index (Phi) is 3.32. The van der Waals surface area contributed by atoms with Crippen molar-refractivity contribution in [2.75, 3.05) is 26.7 Å². The van der Waals surface area contributed by atoms with Crippen molar-refractivity contribution in [1.82, 2.24) is 9.80 Å². The SMILES string of the molecule is CN1CC2(CCN(C(=O)CC3Cc4ccccc4C3)C2)OC1=O. The molecule has 1 atom stereocenters. The minimum atomic E-state index is -0.472. The van der Waals surface area contributed by atoms with Crippen LogP contribution in [0.4, 0.5) is 4.79 Å². The number of benzene rings is 1. The molecule has 1 aromatic rings. The van der Waals surface area contributed by atoms with Crippen molar-refractivity contribution in [1.29, 1.82) is 0 Å². The Bertz CT molecular complexity index is 634. The smallest absolute Gasteiger partial charge is 0.410 e. The summed E-state index contributed by atoms with van der Waals surface area (Å²) in [4.78, 5) is 27.7. The Balaban J connectivity index is 1.36. The van der Waals surface area contributed by atoms with Gasteiger partial charge in [-0.15, -0.1) is 0 Å². The lowest BCUT2D eigenvalue weighted by Gasteiger charge is -2.22. The van der Waals surface area contributed by atoms with Crippen LogP contribution in [0.3, 0.4) is 0 Å². The molecule has 1 aromatic carbocycles. The minimum absolute atomic E-state index is 0.199. The van der Waals surface area contributed by atoms with Gasteiger partial charge in [-0.25, -0.2) is 4.79 Å². The molecule has 2 fully saturated rings. The van der Waals surface area contributed by atoms with Gasteiger partial charge in [-0.1, -0.05) is 24.3 Å². The molecule has 0 radical (unpaired) electrons. The third kappa shape index (κ3) is 2.58. The van der Waals surface area contributed by atoms with E-state index >= 15 is 0 Å². The Morgan fingerprint density at radius 1 is 1.26 bits per heavy atom. The molecule has 0 bridgehead atoms. The van der Waals surface area contributed by atoms with E-state index in [4.69, 9.17) is 4.74 Å². The van der Waals surface area contributed by atoms with Crippen molar-refractivity contribution in [3.63, 3.8) is 0 Å². The minimum Gasteiger partial charge on any atom is -0.439 e. The largest absolute Gasteiger partial charge is 0.439 e. The molecule has 5 heteroatoms. The van der Waals surface area contributed by atoms with Crippen LogP contribution in [0.15, 0.2) is 24.3 Å². The van der Waals surface area contributed by atoms with E-state index in [1.165, 1.54) is 11.1 Å². The number of hydrogen-bond acceptors (Lipinski definition) is 3. The van der Waals surface area contributed by atoms with Crippen LogP contribution in [0, 0.1) is 5.92 Å². The highest BCUT2D eigenvalue weighted by Gasteiger charge is 2.49. The van der Waals surface area contributed by atoms with Gasteiger partial charge in [-0.2, -0.15) is 0 Å². The molecule has 1 unspecified atom stereocenters. The standard InChI is InChI=1S/C18H22N2O3/c1-19-11-18(23-17(19)22)6-7-20(12-18)16(21)10-13-8-14-4-2-3-5-15(14)9-13/h2-5,13H,6-12H2,1H3. The molecule has 2 heterocycles. The lowest BCUT2D eigenvalue weighted by Crippen LogP contribution is -2.39. The Morgan fingerprint density at radius 3 is 2.57 bits per heavy atom. The second-order valence-electron chi connectivity index (χ2n) is 7.22. The Labute approximate surface area is 136 Å². The molecule has 4 rings (SSSR count). The summed E-state index contributed by atoms with van der Waals surface area (Å²) in [7, 11) is 1.75. The summed E-state index contributed by atoms with van der Waals surface area (Å²) in [5.74, 6) is 0.607. The summed E-state index contributed by atoms with van der Waals surface area (Å²) in [5.41, 5.74) is 2.30. The molecule has 1 spiro atoms. The first kappa shape index (κ1) is 14.5. The van der Waals surface area contributed by atoms with Crippen molar-refractivity contribution in [3.8, 4) is 0 Å². The maximum atomic E-state index is 12.6. The first-order valence-electron chi connectivity index (χ1n) is 8.33. The number of hydrogen-bond donors (Lipinski definition) is 0. The summed E-state index contributed by atoms with van der Waals surface area (Å²) in [6.45, 7) is 1.83. The van der Waals surface area contributed by atoms with Crippen molar-refractivity contribution >= 4 is 12.0 Å². The number of nitrogens with zero attached hydrogens (tertiary/aromatic N) is 2. The molecule has 0 aromatic heterocycles. The van der Waals surface area contributed by atoms with Crippen LogP contribution in [-0.2, 0) is 22.4 Å². The van der Waals surface area contributed by atoms with E-state index in [-0.39, 0.29) is 12.0 Å². The van der Waals surface area contributed by atoms with Gasteiger partial charge in [0, 0.05) is 26.4 Å². The zero-order valence-electron chi connectivity index (χ0n) is 13.5.